The largest absolute Gasteiger partial charge is 0.496 e. The average molecular weight is 436 g/mol. The van der Waals surface area contributed by atoms with Crippen LogP contribution in [0.15, 0.2) is 45.6 Å². The van der Waals surface area contributed by atoms with Gasteiger partial charge in [-0.15, -0.1) is 0 Å². The van der Waals surface area contributed by atoms with Gasteiger partial charge in [0.1, 0.15) is 22.7 Å². The van der Waals surface area contributed by atoms with Crippen molar-refractivity contribution in [2.24, 2.45) is 0 Å². The lowest BCUT2D eigenvalue weighted by atomic mass is 9.91. The Morgan fingerprint density at radius 2 is 1.97 bits per heavy atom. The van der Waals surface area contributed by atoms with Crippen LogP contribution in [-0.2, 0) is 17.6 Å². The Morgan fingerprint density at radius 1 is 1.25 bits per heavy atom. The van der Waals surface area contributed by atoms with Crippen molar-refractivity contribution in [1.82, 2.24) is 5.32 Å². The standard InChI is InChI=1S/C26H29NO5/c1-15-19(13-22(28)27-16(2)17-9-7-6-8-10-17)25(29)31-24-18-11-12-26(3,4)32-20(18)14-21(30-5)23(15)24/h6-10,14,16H,11-13H2,1-5H3,(H,27,28)/t16-/m0/s1. The Hall–Kier alpha value is -3.28. The predicted molar refractivity (Wildman–Crippen MR) is 124 cm³/mol. The van der Waals surface area contributed by atoms with E-state index in [9.17, 15) is 9.59 Å². The lowest BCUT2D eigenvalue weighted by molar-refractivity contribution is -0.121. The zero-order chi connectivity index (χ0) is 23.0. The minimum absolute atomic E-state index is 0.0644. The predicted octanol–water partition coefficient (Wildman–Crippen LogP) is 4.63. The van der Waals surface area contributed by atoms with E-state index >= 15 is 0 Å². The highest BCUT2D eigenvalue weighted by Crippen LogP contribution is 2.43. The van der Waals surface area contributed by atoms with E-state index in [0.29, 0.717) is 33.6 Å². The van der Waals surface area contributed by atoms with Gasteiger partial charge in [-0.1, -0.05) is 30.3 Å². The number of carbonyl (C=O) groups excluding carboxylic acids is 1. The van der Waals surface area contributed by atoms with Crippen LogP contribution >= 0.6 is 0 Å². The molecule has 0 saturated carbocycles. The minimum atomic E-state index is -0.502. The van der Waals surface area contributed by atoms with Crippen LogP contribution in [0.1, 0.15) is 55.5 Å². The van der Waals surface area contributed by atoms with Gasteiger partial charge in [-0.25, -0.2) is 4.79 Å². The maximum absolute atomic E-state index is 12.9. The van der Waals surface area contributed by atoms with E-state index in [0.717, 1.165) is 24.0 Å². The molecule has 1 N–H and O–H groups in total. The molecule has 1 aliphatic heterocycles. The smallest absolute Gasteiger partial charge is 0.340 e. The Labute approximate surface area is 187 Å². The molecule has 0 fully saturated rings. The van der Waals surface area contributed by atoms with Crippen molar-refractivity contribution in [2.75, 3.05) is 7.11 Å². The molecule has 3 aromatic rings. The molecule has 6 heteroatoms. The number of aryl methyl sites for hydroxylation is 2. The lowest BCUT2D eigenvalue weighted by Crippen LogP contribution is -2.33. The summed E-state index contributed by atoms with van der Waals surface area (Å²) in [5.41, 5.74) is 2.59. The molecule has 2 aromatic carbocycles. The second-order valence-electron chi connectivity index (χ2n) is 8.99. The molecule has 4 rings (SSSR count). The van der Waals surface area contributed by atoms with E-state index in [1.165, 1.54) is 0 Å². The Morgan fingerprint density at radius 3 is 2.66 bits per heavy atom. The topological polar surface area (TPSA) is 77.8 Å². The molecule has 2 heterocycles. The number of benzene rings is 2. The molecule has 32 heavy (non-hydrogen) atoms. The number of hydrogen-bond acceptors (Lipinski definition) is 5. The first-order valence-electron chi connectivity index (χ1n) is 10.9. The number of rotatable bonds is 5. The number of nitrogens with one attached hydrogen (secondary N) is 1. The highest BCUT2D eigenvalue weighted by atomic mass is 16.5. The van der Waals surface area contributed by atoms with E-state index in [4.69, 9.17) is 13.9 Å². The molecule has 0 saturated heterocycles. The van der Waals surface area contributed by atoms with Gasteiger partial charge in [-0.2, -0.15) is 0 Å². The number of ether oxygens (including phenoxy) is 2. The number of hydrogen-bond donors (Lipinski definition) is 1. The van der Waals surface area contributed by atoms with Crippen LogP contribution in [-0.4, -0.2) is 18.6 Å². The summed E-state index contributed by atoms with van der Waals surface area (Å²) < 4.78 is 17.5. The molecule has 1 atom stereocenters. The van der Waals surface area contributed by atoms with Gasteiger partial charge < -0.3 is 19.2 Å². The number of carbonyl (C=O) groups is 1. The number of fused-ring (bicyclic) bond motifs is 3. The quantitative estimate of drug-likeness (QED) is 0.591. The van der Waals surface area contributed by atoms with Gasteiger partial charge in [-0.3, -0.25) is 4.79 Å². The maximum Gasteiger partial charge on any atom is 0.340 e. The van der Waals surface area contributed by atoms with Gasteiger partial charge in [0.15, 0.2) is 0 Å². The molecule has 0 spiro atoms. The van der Waals surface area contributed by atoms with Crippen LogP contribution in [0, 0.1) is 6.92 Å². The first-order chi connectivity index (χ1) is 15.2. The molecule has 1 aliphatic rings. The first kappa shape index (κ1) is 21.9. The highest BCUT2D eigenvalue weighted by Gasteiger charge is 2.31. The molecule has 0 aliphatic carbocycles. The van der Waals surface area contributed by atoms with Crippen molar-refractivity contribution in [1.29, 1.82) is 0 Å². The normalized spacial score (nSPS) is 15.5. The summed E-state index contributed by atoms with van der Waals surface area (Å²) >= 11 is 0. The molecular weight excluding hydrogens is 406 g/mol. The van der Waals surface area contributed by atoms with E-state index in [1.54, 1.807) is 7.11 Å². The molecule has 6 nitrogen and oxygen atoms in total. The van der Waals surface area contributed by atoms with Crippen LogP contribution < -0.4 is 20.4 Å². The summed E-state index contributed by atoms with van der Waals surface area (Å²) in [5.74, 6) is 1.01. The van der Waals surface area contributed by atoms with E-state index in [-0.39, 0.29) is 24.0 Å². The summed E-state index contributed by atoms with van der Waals surface area (Å²) in [6.45, 7) is 7.82. The highest BCUT2D eigenvalue weighted by molar-refractivity contribution is 5.93. The van der Waals surface area contributed by atoms with Gasteiger partial charge in [0.25, 0.3) is 0 Å². The van der Waals surface area contributed by atoms with Crippen LogP contribution in [0.3, 0.4) is 0 Å². The van der Waals surface area contributed by atoms with Crippen LogP contribution in [0.25, 0.3) is 11.0 Å². The van der Waals surface area contributed by atoms with Crippen molar-refractivity contribution in [3.63, 3.8) is 0 Å². The van der Waals surface area contributed by atoms with Crippen molar-refractivity contribution < 1.29 is 18.7 Å². The number of methoxy groups -OCH3 is 1. The summed E-state index contributed by atoms with van der Waals surface area (Å²) in [6.07, 6.45) is 1.48. The molecule has 1 amide bonds. The van der Waals surface area contributed by atoms with Gasteiger partial charge >= 0.3 is 5.63 Å². The van der Waals surface area contributed by atoms with Crippen molar-refractivity contribution >= 4 is 16.9 Å². The second-order valence-corrected chi connectivity index (χ2v) is 8.99. The van der Waals surface area contributed by atoms with E-state index in [2.05, 4.69) is 5.32 Å². The SMILES string of the molecule is COc1cc2c(c3oc(=O)c(CC(=O)N[C@@H](C)c4ccccc4)c(C)c13)CCC(C)(C)O2. The Bertz CT molecular complexity index is 1230. The van der Waals surface area contributed by atoms with Gasteiger partial charge in [0, 0.05) is 11.6 Å². The van der Waals surface area contributed by atoms with Crippen LogP contribution in [0.4, 0.5) is 0 Å². The summed E-state index contributed by atoms with van der Waals surface area (Å²) in [7, 11) is 1.58. The first-order valence-corrected chi connectivity index (χ1v) is 10.9. The fourth-order valence-corrected chi connectivity index (χ4v) is 4.33. The Balaban J connectivity index is 1.71. The van der Waals surface area contributed by atoms with Crippen LogP contribution in [0.5, 0.6) is 11.5 Å². The fourth-order valence-electron chi connectivity index (χ4n) is 4.33. The van der Waals surface area contributed by atoms with Crippen molar-refractivity contribution in [3.05, 3.63) is 69.1 Å². The van der Waals surface area contributed by atoms with Gasteiger partial charge in [-0.05, 0) is 51.7 Å². The molecule has 0 radical (unpaired) electrons. The lowest BCUT2D eigenvalue weighted by Gasteiger charge is -2.33. The monoisotopic (exact) mass is 435 g/mol. The summed E-state index contributed by atoms with van der Waals surface area (Å²) in [6, 6.07) is 11.4. The summed E-state index contributed by atoms with van der Waals surface area (Å²) in [4.78, 5) is 25.7. The Kier molecular flexibility index (Phi) is 5.71. The molecule has 168 valence electrons. The van der Waals surface area contributed by atoms with Gasteiger partial charge in [0.2, 0.25) is 5.91 Å². The third-order valence-corrected chi connectivity index (χ3v) is 6.17. The van der Waals surface area contributed by atoms with Crippen molar-refractivity contribution in [3.8, 4) is 11.5 Å². The summed E-state index contributed by atoms with van der Waals surface area (Å²) in [5, 5.41) is 3.68. The van der Waals surface area contributed by atoms with Crippen molar-refractivity contribution in [2.45, 2.75) is 58.6 Å². The number of amides is 1. The van der Waals surface area contributed by atoms with E-state index < -0.39 is 5.63 Å². The third-order valence-electron chi connectivity index (χ3n) is 6.17. The molecular formula is C26H29NO5. The molecule has 1 aromatic heterocycles. The third kappa shape index (κ3) is 4.09. The minimum Gasteiger partial charge on any atom is -0.496 e. The fraction of sp³-hybridized carbons (Fsp3) is 0.385. The molecule has 0 bridgehead atoms. The maximum atomic E-state index is 12.9. The zero-order valence-corrected chi connectivity index (χ0v) is 19.2. The molecule has 0 unspecified atom stereocenters. The zero-order valence-electron chi connectivity index (χ0n) is 19.2. The second kappa shape index (κ2) is 8.34. The van der Waals surface area contributed by atoms with Gasteiger partial charge in [0.05, 0.1) is 30.5 Å². The van der Waals surface area contributed by atoms with E-state index in [1.807, 2.05) is 64.1 Å². The average Bonchev–Trinajstić information content (AvgIpc) is 2.75. The van der Waals surface area contributed by atoms with Crippen LogP contribution in [0.2, 0.25) is 0 Å².